The van der Waals surface area contributed by atoms with E-state index in [4.69, 9.17) is 4.84 Å². The minimum Gasteiger partial charge on any atom is -0.481 e. The third-order valence-corrected chi connectivity index (χ3v) is 6.57. The molecule has 4 rings (SSSR count). The van der Waals surface area contributed by atoms with Crippen LogP contribution in [0.4, 0.5) is 4.39 Å². The second-order valence-corrected chi connectivity index (χ2v) is 8.61. The minimum absolute atomic E-state index is 0.339. The summed E-state index contributed by atoms with van der Waals surface area (Å²) in [6.45, 7) is 7.10. The Morgan fingerprint density at radius 2 is 2.06 bits per heavy atom. The minimum atomic E-state index is -0.843. The molecule has 0 saturated carbocycles. The van der Waals surface area contributed by atoms with Crippen molar-refractivity contribution in [3.05, 3.63) is 53.1 Å². The quantitative estimate of drug-likeness (QED) is 0.729. The fraction of sp³-hybridized carbons (Fsp3) is 0.522. The molecule has 1 saturated heterocycles. The summed E-state index contributed by atoms with van der Waals surface area (Å²) in [4.78, 5) is 20.1. The summed E-state index contributed by atoms with van der Waals surface area (Å²) in [6, 6.07) is 6.46. The number of rotatable bonds is 7. The molecule has 1 fully saturated rings. The zero-order valence-electron chi connectivity index (χ0n) is 18.1. The summed E-state index contributed by atoms with van der Waals surface area (Å²) in [5.74, 6) is -1.13. The van der Waals surface area contributed by atoms with Crippen LogP contribution in [-0.2, 0) is 22.7 Å². The number of aliphatic carboxylic acids is 1. The van der Waals surface area contributed by atoms with E-state index in [1.165, 1.54) is 11.6 Å². The molecule has 7 nitrogen and oxygen atoms in total. The standard InChI is InChI=1S/C23H29FN4O3/c1-3-28-15-17(16(2)25-28)14-27-10-8-23(9-11-27,22(29)30)13-18-12-21(26-31-18)19-6-4-5-7-20(19)24/h4-7,15,18H,3,8-14H2,1-2H3,(H,29,30)/t18-/m0/s1. The molecule has 1 N–H and O–H groups in total. The Bertz CT molecular complexity index is 979. The maximum absolute atomic E-state index is 14.1. The Hall–Kier alpha value is -2.74. The summed E-state index contributed by atoms with van der Waals surface area (Å²) >= 11 is 0. The van der Waals surface area contributed by atoms with Gasteiger partial charge in [0.2, 0.25) is 0 Å². The van der Waals surface area contributed by atoms with Gasteiger partial charge >= 0.3 is 5.97 Å². The number of piperidine rings is 1. The maximum Gasteiger partial charge on any atom is 0.309 e. The lowest BCUT2D eigenvalue weighted by atomic mass is 9.73. The largest absolute Gasteiger partial charge is 0.481 e. The molecule has 1 aromatic heterocycles. The normalized spacial score (nSPS) is 21.0. The molecule has 1 aromatic carbocycles. The topological polar surface area (TPSA) is 80.0 Å². The van der Waals surface area contributed by atoms with E-state index in [0.717, 1.165) is 18.8 Å². The highest BCUT2D eigenvalue weighted by atomic mass is 19.1. The van der Waals surface area contributed by atoms with Crippen molar-refractivity contribution in [1.29, 1.82) is 0 Å². The van der Waals surface area contributed by atoms with Gasteiger partial charge in [0.15, 0.2) is 0 Å². The van der Waals surface area contributed by atoms with Crippen molar-refractivity contribution in [3.8, 4) is 0 Å². The Morgan fingerprint density at radius 1 is 1.32 bits per heavy atom. The van der Waals surface area contributed by atoms with Crippen LogP contribution in [0.15, 0.2) is 35.6 Å². The van der Waals surface area contributed by atoms with Crippen LogP contribution < -0.4 is 0 Å². The van der Waals surface area contributed by atoms with Gasteiger partial charge in [-0.2, -0.15) is 5.10 Å². The number of carboxylic acid groups (broad SMARTS) is 1. The Morgan fingerprint density at radius 3 is 2.71 bits per heavy atom. The molecule has 0 amide bonds. The molecule has 2 aliphatic rings. The number of hydrogen-bond acceptors (Lipinski definition) is 5. The van der Waals surface area contributed by atoms with E-state index in [-0.39, 0.29) is 11.9 Å². The van der Waals surface area contributed by atoms with E-state index in [1.54, 1.807) is 18.2 Å². The predicted molar refractivity (Wildman–Crippen MR) is 114 cm³/mol. The molecule has 3 heterocycles. The molecule has 1 atom stereocenters. The number of oxime groups is 1. The molecule has 2 aromatic rings. The number of carboxylic acids is 1. The first kappa shape index (κ1) is 21.5. The van der Waals surface area contributed by atoms with Gasteiger partial charge in [-0.3, -0.25) is 14.4 Å². The lowest BCUT2D eigenvalue weighted by Gasteiger charge is -2.39. The van der Waals surface area contributed by atoms with Crippen molar-refractivity contribution in [1.82, 2.24) is 14.7 Å². The van der Waals surface area contributed by atoms with Gasteiger partial charge in [0.1, 0.15) is 11.9 Å². The highest BCUT2D eigenvalue weighted by Gasteiger charge is 2.45. The van der Waals surface area contributed by atoms with Crippen LogP contribution in [0.5, 0.6) is 0 Å². The van der Waals surface area contributed by atoms with Gasteiger partial charge in [-0.15, -0.1) is 0 Å². The average molecular weight is 429 g/mol. The molecule has 31 heavy (non-hydrogen) atoms. The van der Waals surface area contributed by atoms with Crippen molar-refractivity contribution in [2.24, 2.45) is 10.6 Å². The van der Waals surface area contributed by atoms with Crippen molar-refractivity contribution in [3.63, 3.8) is 0 Å². The van der Waals surface area contributed by atoms with Crippen molar-refractivity contribution < 1.29 is 19.1 Å². The van der Waals surface area contributed by atoms with Crippen LogP contribution in [0.1, 0.15) is 49.4 Å². The molecule has 2 aliphatic heterocycles. The maximum atomic E-state index is 14.1. The van der Waals surface area contributed by atoms with E-state index in [9.17, 15) is 14.3 Å². The number of aryl methyl sites for hydroxylation is 2. The van der Waals surface area contributed by atoms with Gasteiger partial charge in [-0.05, 0) is 45.8 Å². The lowest BCUT2D eigenvalue weighted by molar-refractivity contribution is -0.155. The predicted octanol–water partition coefficient (Wildman–Crippen LogP) is 3.60. The molecular formula is C23H29FN4O3. The van der Waals surface area contributed by atoms with Gasteiger partial charge in [-0.1, -0.05) is 23.4 Å². The van der Waals surface area contributed by atoms with E-state index in [2.05, 4.69) is 28.3 Å². The number of benzene rings is 1. The Kier molecular flexibility index (Phi) is 6.09. The fourth-order valence-corrected chi connectivity index (χ4v) is 4.59. The molecule has 0 spiro atoms. The smallest absolute Gasteiger partial charge is 0.309 e. The van der Waals surface area contributed by atoms with Crippen LogP contribution >= 0.6 is 0 Å². The third kappa shape index (κ3) is 4.49. The van der Waals surface area contributed by atoms with Crippen LogP contribution in [0.2, 0.25) is 0 Å². The summed E-state index contributed by atoms with van der Waals surface area (Å²) < 4.78 is 16.0. The number of nitrogens with zero attached hydrogens (tertiary/aromatic N) is 4. The summed E-state index contributed by atoms with van der Waals surface area (Å²) in [6.07, 6.45) is 3.64. The number of hydrogen-bond donors (Lipinski definition) is 1. The van der Waals surface area contributed by atoms with Crippen LogP contribution in [0.3, 0.4) is 0 Å². The SMILES string of the molecule is CCn1cc(CN2CCC(C[C@@H]3CC(c4ccccc4F)=NO3)(C(=O)O)CC2)c(C)n1. The first-order valence-corrected chi connectivity index (χ1v) is 10.9. The van der Waals surface area contributed by atoms with E-state index in [0.29, 0.717) is 50.0 Å². The third-order valence-electron chi connectivity index (χ3n) is 6.57. The lowest BCUT2D eigenvalue weighted by Crippen LogP contribution is -2.45. The van der Waals surface area contributed by atoms with Gasteiger partial charge < -0.3 is 9.94 Å². The number of halogens is 1. The van der Waals surface area contributed by atoms with Crippen LogP contribution in [0, 0.1) is 18.2 Å². The number of likely N-dealkylation sites (tertiary alicyclic amines) is 1. The molecule has 0 bridgehead atoms. The summed E-state index contributed by atoms with van der Waals surface area (Å²) in [5.41, 5.74) is 2.34. The highest BCUT2D eigenvalue weighted by molar-refractivity contribution is 6.01. The van der Waals surface area contributed by atoms with Gasteiger partial charge in [0.05, 0.1) is 16.8 Å². The monoisotopic (exact) mass is 428 g/mol. The molecular weight excluding hydrogens is 399 g/mol. The van der Waals surface area contributed by atoms with Crippen molar-refractivity contribution >= 4 is 11.7 Å². The molecule has 0 aliphatic carbocycles. The van der Waals surface area contributed by atoms with Gasteiger partial charge in [-0.25, -0.2) is 4.39 Å². The average Bonchev–Trinajstić information content (AvgIpc) is 3.36. The number of aromatic nitrogens is 2. The first-order chi connectivity index (χ1) is 14.9. The van der Waals surface area contributed by atoms with Gasteiger partial charge in [0, 0.05) is 43.3 Å². The zero-order valence-corrected chi connectivity index (χ0v) is 18.1. The Labute approximate surface area is 181 Å². The Balaban J connectivity index is 1.37. The molecule has 0 radical (unpaired) electrons. The van der Waals surface area contributed by atoms with Crippen molar-refractivity contribution in [2.45, 2.75) is 58.7 Å². The first-order valence-electron chi connectivity index (χ1n) is 10.9. The number of carbonyl (C=O) groups is 1. The van der Waals surface area contributed by atoms with Crippen LogP contribution in [0.25, 0.3) is 0 Å². The zero-order chi connectivity index (χ0) is 22.0. The summed E-state index contributed by atoms with van der Waals surface area (Å²) in [5, 5.41) is 18.6. The van der Waals surface area contributed by atoms with Crippen molar-refractivity contribution in [2.75, 3.05) is 13.1 Å². The second kappa shape index (κ2) is 8.78. The van der Waals surface area contributed by atoms with E-state index < -0.39 is 11.4 Å². The molecule has 0 unspecified atom stereocenters. The fourth-order valence-electron chi connectivity index (χ4n) is 4.59. The van der Waals surface area contributed by atoms with Crippen LogP contribution in [-0.4, -0.2) is 50.7 Å². The van der Waals surface area contributed by atoms with E-state index >= 15 is 0 Å². The second-order valence-electron chi connectivity index (χ2n) is 8.61. The molecule has 8 heteroatoms. The highest BCUT2D eigenvalue weighted by Crippen LogP contribution is 2.39. The summed E-state index contributed by atoms with van der Waals surface area (Å²) in [7, 11) is 0. The van der Waals surface area contributed by atoms with E-state index in [1.807, 2.05) is 11.6 Å². The van der Waals surface area contributed by atoms with Gasteiger partial charge in [0.25, 0.3) is 0 Å². The molecule has 166 valence electrons.